The molecule has 162 valence electrons. The van der Waals surface area contributed by atoms with Crippen molar-refractivity contribution in [2.24, 2.45) is 5.92 Å². The van der Waals surface area contributed by atoms with Gasteiger partial charge in [0.15, 0.2) is 15.7 Å². The number of fused-ring (bicyclic) bond motifs is 1. The molecule has 4 rings (SSSR count). The maximum absolute atomic E-state index is 13.0. The van der Waals surface area contributed by atoms with Crippen molar-refractivity contribution in [1.82, 2.24) is 20.1 Å². The molecule has 1 amide bonds. The molecule has 8 heteroatoms. The molecule has 1 aliphatic rings. The number of nitrogens with one attached hydrogen (secondary N) is 1. The lowest BCUT2D eigenvalue weighted by atomic mass is 10.0. The first-order valence-corrected chi connectivity index (χ1v) is 12.1. The van der Waals surface area contributed by atoms with Gasteiger partial charge in [-0.3, -0.25) is 4.79 Å². The van der Waals surface area contributed by atoms with Crippen molar-refractivity contribution in [2.45, 2.75) is 49.9 Å². The maximum atomic E-state index is 13.0. The van der Waals surface area contributed by atoms with Crippen LogP contribution in [0.4, 0.5) is 0 Å². The zero-order chi connectivity index (χ0) is 22.0. The van der Waals surface area contributed by atoms with Gasteiger partial charge < -0.3 is 9.88 Å². The van der Waals surface area contributed by atoms with E-state index in [1.165, 1.54) is 12.1 Å². The number of aromatic nitrogens is 3. The Kier molecular flexibility index (Phi) is 5.91. The quantitative estimate of drug-likeness (QED) is 0.611. The van der Waals surface area contributed by atoms with Crippen LogP contribution in [0.3, 0.4) is 0 Å². The molecular formula is C23H26N4O3S. The highest BCUT2D eigenvalue weighted by atomic mass is 32.2. The molecule has 1 atom stereocenters. The second-order valence-corrected chi connectivity index (χ2v) is 10.2. The highest BCUT2D eigenvalue weighted by Gasteiger charge is 2.28. The lowest BCUT2D eigenvalue weighted by Crippen LogP contribution is -2.33. The highest BCUT2D eigenvalue weighted by Crippen LogP contribution is 2.25. The lowest BCUT2D eigenvalue weighted by Gasteiger charge is -2.22. The van der Waals surface area contributed by atoms with E-state index in [1.807, 2.05) is 32.0 Å². The van der Waals surface area contributed by atoms with Crippen molar-refractivity contribution < 1.29 is 13.2 Å². The van der Waals surface area contributed by atoms with E-state index in [0.29, 0.717) is 11.1 Å². The minimum Gasteiger partial charge on any atom is -0.342 e. The molecule has 1 N–H and O–H groups in total. The van der Waals surface area contributed by atoms with Crippen LogP contribution in [-0.2, 0) is 28.6 Å². The molecule has 0 saturated carbocycles. The van der Waals surface area contributed by atoms with Crippen molar-refractivity contribution in [1.29, 1.82) is 0 Å². The van der Waals surface area contributed by atoms with Gasteiger partial charge in [0.05, 0.1) is 16.7 Å². The summed E-state index contributed by atoms with van der Waals surface area (Å²) in [5, 5.41) is 11.6. The van der Waals surface area contributed by atoms with Gasteiger partial charge >= 0.3 is 0 Å². The first kappa shape index (κ1) is 21.2. The number of carbonyl (C=O) groups is 1. The fourth-order valence-electron chi connectivity index (χ4n) is 3.86. The third-order valence-corrected chi connectivity index (χ3v) is 7.21. The SMILES string of the molecule is CC(C)C(NC(=O)c1cccc(S(=O)(=O)Cc2ccccc2)c1)c1nnc2n1CCC2. The molecule has 0 bridgehead atoms. The predicted octanol–water partition coefficient (Wildman–Crippen LogP) is 3.33. The molecule has 31 heavy (non-hydrogen) atoms. The number of nitrogens with zero attached hydrogens (tertiary/aromatic N) is 3. The molecule has 0 spiro atoms. The lowest BCUT2D eigenvalue weighted by molar-refractivity contribution is 0.0921. The van der Waals surface area contributed by atoms with Gasteiger partial charge in [0.1, 0.15) is 5.82 Å². The average Bonchev–Trinajstić information content (AvgIpc) is 3.36. The minimum absolute atomic E-state index is 0.0999. The van der Waals surface area contributed by atoms with Crippen LogP contribution < -0.4 is 5.32 Å². The Hall–Kier alpha value is -3.00. The fraction of sp³-hybridized carbons (Fsp3) is 0.348. The largest absolute Gasteiger partial charge is 0.342 e. The van der Waals surface area contributed by atoms with Gasteiger partial charge in [-0.15, -0.1) is 10.2 Å². The topological polar surface area (TPSA) is 93.9 Å². The van der Waals surface area contributed by atoms with E-state index in [0.717, 1.165) is 31.0 Å². The highest BCUT2D eigenvalue weighted by molar-refractivity contribution is 7.90. The van der Waals surface area contributed by atoms with Crippen LogP contribution >= 0.6 is 0 Å². The molecule has 2 aromatic carbocycles. The van der Waals surface area contributed by atoms with Gasteiger partial charge in [-0.1, -0.05) is 50.2 Å². The number of hydrogen-bond acceptors (Lipinski definition) is 5. The van der Waals surface area contributed by atoms with E-state index in [4.69, 9.17) is 0 Å². The summed E-state index contributed by atoms with van der Waals surface area (Å²) in [6.07, 6.45) is 1.92. The van der Waals surface area contributed by atoms with Gasteiger partial charge in [-0.25, -0.2) is 8.42 Å². The molecular weight excluding hydrogens is 412 g/mol. The number of sulfone groups is 1. The Morgan fingerprint density at radius 2 is 1.87 bits per heavy atom. The fourth-order valence-corrected chi connectivity index (χ4v) is 5.26. The van der Waals surface area contributed by atoms with Crippen LogP contribution in [-0.4, -0.2) is 29.1 Å². The van der Waals surface area contributed by atoms with Gasteiger partial charge in [0.2, 0.25) is 0 Å². The molecule has 0 radical (unpaired) electrons. The summed E-state index contributed by atoms with van der Waals surface area (Å²) in [5.41, 5.74) is 1.01. The molecule has 1 aliphatic heterocycles. The first-order chi connectivity index (χ1) is 14.8. The number of carbonyl (C=O) groups excluding carboxylic acids is 1. The normalized spacial score (nSPS) is 14.4. The maximum Gasteiger partial charge on any atom is 0.251 e. The monoisotopic (exact) mass is 438 g/mol. The van der Waals surface area contributed by atoms with Crippen LogP contribution in [0, 0.1) is 5.92 Å². The Labute approximate surface area is 182 Å². The van der Waals surface area contributed by atoms with Crippen LogP contribution in [0.25, 0.3) is 0 Å². The number of rotatable bonds is 7. The second kappa shape index (κ2) is 8.63. The van der Waals surface area contributed by atoms with Gasteiger partial charge in [0, 0.05) is 18.5 Å². The number of benzene rings is 2. The Morgan fingerprint density at radius 3 is 2.61 bits per heavy atom. The van der Waals surface area contributed by atoms with Gasteiger partial charge in [-0.05, 0) is 36.1 Å². The van der Waals surface area contributed by atoms with Crippen molar-refractivity contribution in [3.8, 4) is 0 Å². The standard InChI is InChI=1S/C23H26N4O3S/c1-16(2)21(22-26-25-20-12-7-13-27(20)22)24-23(28)18-10-6-11-19(14-18)31(29,30)15-17-8-4-3-5-9-17/h3-6,8-11,14,16,21H,7,12-13,15H2,1-2H3,(H,24,28). The Morgan fingerprint density at radius 1 is 1.10 bits per heavy atom. The van der Waals surface area contributed by atoms with Crippen LogP contribution in [0.1, 0.15) is 53.9 Å². The molecule has 7 nitrogen and oxygen atoms in total. The summed E-state index contributed by atoms with van der Waals surface area (Å²) in [6.45, 7) is 4.88. The van der Waals surface area contributed by atoms with E-state index >= 15 is 0 Å². The molecule has 1 aromatic heterocycles. The van der Waals surface area contributed by atoms with Crippen LogP contribution in [0.5, 0.6) is 0 Å². The summed E-state index contributed by atoms with van der Waals surface area (Å²) < 4.78 is 27.8. The van der Waals surface area contributed by atoms with E-state index in [-0.39, 0.29) is 28.5 Å². The first-order valence-electron chi connectivity index (χ1n) is 10.4. The van der Waals surface area contributed by atoms with E-state index < -0.39 is 9.84 Å². The summed E-state index contributed by atoms with van der Waals surface area (Å²) in [6, 6.07) is 14.9. The summed E-state index contributed by atoms with van der Waals surface area (Å²) in [7, 11) is -3.57. The molecule has 3 aromatic rings. The second-order valence-electron chi connectivity index (χ2n) is 8.20. The van der Waals surface area contributed by atoms with Crippen molar-refractivity contribution in [3.63, 3.8) is 0 Å². The van der Waals surface area contributed by atoms with Crippen LogP contribution in [0.15, 0.2) is 59.5 Å². The Balaban J connectivity index is 1.56. The van der Waals surface area contributed by atoms with Crippen LogP contribution in [0.2, 0.25) is 0 Å². The third-order valence-electron chi connectivity index (χ3n) is 5.52. The van der Waals surface area contributed by atoms with Crippen molar-refractivity contribution >= 4 is 15.7 Å². The molecule has 0 fully saturated rings. The predicted molar refractivity (Wildman–Crippen MR) is 117 cm³/mol. The minimum atomic E-state index is -3.57. The summed E-state index contributed by atoms with van der Waals surface area (Å²) >= 11 is 0. The van der Waals surface area contributed by atoms with Crippen molar-refractivity contribution in [3.05, 3.63) is 77.4 Å². The number of hydrogen-bond donors (Lipinski definition) is 1. The molecule has 0 aliphatic carbocycles. The van der Waals surface area contributed by atoms with E-state index in [1.54, 1.807) is 24.3 Å². The van der Waals surface area contributed by atoms with Gasteiger partial charge in [0.25, 0.3) is 5.91 Å². The third kappa shape index (κ3) is 4.54. The molecule has 2 heterocycles. The zero-order valence-electron chi connectivity index (χ0n) is 17.7. The average molecular weight is 439 g/mol. The molecule has 1 unspecified atom stereocenters. The Bertz CT molecular complexity index is 1190. The van der Waals surface area contributed by atoms with E-state index in [2.05, 4.69) is 20.1 Å². The smallest absolute Gasteiger partial charge is 0.251 e. The number of amides is 1. The zero-order valence-corrected chi connectivity index (χ0v) is 18.5. The van der Waals surface area contributed by atoms with Gasteiger partial charge in [-0.2, -0.15) is 0 Å². The van der Waals surface area contributed by atoms with E-state index in [9.17, 15) is 13.2 Å². The number of aryl methyl sites for hydroxylation is 1. The molecule has 0 saturated heterocycles. The summed E-state index contributed by atoms with van der Waals surface area (Å²) in [4.78, 5) is 13.2. The summed E-state index contributed by atoms with van der Waals surface area (Å²) in [5.74, 6) is 1.36. The van der Waals surface area contributed by atoms with Crippen molar-refractivity contribution in [2.75, 3.05) is 0 Å².